The number of hydrogen-bond donors (Lipinski definition) is 2. The van der Waals surface area contributed by atoms with Crippen LogP contribution in [0.1, 0.15) is 37.3 Å². The Morgan fingerprint density at radius 1 is 1.37 bits per heavy atom. The van der Waals surface area contributed by atoms with E-state index in [9.17, 15) is 0 Å². The number of guanidine groups is 1. The van der Waals surface area contributed by atoms with Crippen LogP contribution in [0.3, 0.4) is 0 Å². The number of benzene rings is 1. The molecule has 2 aliphatic rings. The van der Waals surface area contributed by atoms with E-state index in [2.05, 4.69) is 35.4 Å². The van der Waals surface area contributed by atoms with Crippen LogP contribution in [-0.4, -0.2) is 12.0 Å². The fourth-order valence-corrected chi connectivity index (χ4v) is 2.84. The van der Waals surface area contributed by atoms with Crippen molar-refractivity contribution >= 4 is 35.6 Å². The van der Waals surface area contributed by atoms with Crippen LogP contribution in [0.15, 0.2) is 23.2 Å². The lowest BCUT2D eigenvalue weighted by Crippen LogP contribution is -2.23. The van der Waals surface area contributed by atoms with Crippen LogP contribution in [0.2, 0.25) is 0 Å². The second kappa shape index (κ2) is 6.11. The van der Waals surface area contributed by atoms with Gasteiger partial charge < -0.3 is 11.1 Å². The summed E-state index contributed by atoms with van der Waals surface area (Å²) in [4.78, 5) is 4.51. The maximum atomic E-state index is 5.95. The Bertz CT molecular complexity index is 484. The van der Waals surface area contributed by atoms with E-state index in [1.165, 1.54) is 43.2 Å². The lowest BCUT2D eigenvalue weighted by molar-refractivity contribution is 0.759. The highest BCUT2D eigenvalue weighted by atomic mass is 127. The summed E-state index contributed by atoms with van der Waals surface area (Å²) in [6.07, 6.45) is 6.11. The second-order valence-corrected chi connectivity index (χ2v) is 5.45. The van der Waals surface area contributed by atoms with Crippen LogP contribution in [0, 0.1) is 5.92 Å². The summed E-state index contributed by atoms with van der Waals surface area (Å²) in [5.74, 6) is 1.32. The van der Waals surface area contributed by atoms with Gasteiger partial charge in [-0.05, 0) is 54.9 Å². The van der Waals surface area contributed by atoms with E-state index in [1.54, 1.807) is 0 Å². The molecule has 104 valence electrons. The summed E-state index contributed by atoms with van der Waals surface area (Å²) in [5, 5.41) is 3.22. The number of halogens is 1. The lowest BCUT2D eigenvalue weighted by atomic mass is 10.1. The highest BCUT2D eigenvalue weighted by Gasteiger charge is 2.35. The number of nitrogens with one attached hydrogen (secondary N) is 1. The average Bonchev–Trinajstić information content (AvgIpc) is 2.93. The number of hydrogen-bond acceptors (Lipinski definition) is 1. The van der Waals surface area contributed by atoms with Gasteiger partial charge in [-0.25, -0.2) is 4.99 Å². The third-order valence-corrected chi connectivity index (χ3v) is 4.09. The number of nitrogens with two attached hydrogens (primary N) is 1. The van der Waals surface area contributed by atoms with Crippen molar-refractivity contribution in [2.45, 2.75) is 45.1 Å². The Morgan fingerprint density at radius 2 is 2.16 bits per heavy atom. The standard InChI is InChI=1S/C15H21N3.HI/c1-2-10-9-14(10)18-15(16)17-13-7-6-11-4-3-5-12(11)8-13;/h6-8,10,14H,2-5,9H2,1H3,(H3,16,17,18);1H/t10-,14-;/m1./s1. The molecule has 2 atom stereocenters. The number of nitrogens with zero attached hydrogens (tertiary/aromatic N) is 1. The SMILES string of the molecule is CC[C@@H]1C[C@H]1N=C(N)Nc1ccc2c(c1)CCC2.I. The van der Waals surface area contributed by atoms with Gasteiger partial charge in [-0.15, -0.1) is 24.0 Å². The molecule has 3 nitrogen and oxygen atoms in total. The molecule has 0 unspecified atom stereocenters. The quantitative estimate of drug-likeness (QED) is 0.487. The molecule has 3 N–H and O–H groups in total. The molecule has 1 fully saturated rings. The summed E-state index contributed by atoms with van der Waals surface area (Å²) < 4.78 is 0. The second-order valence-electron chi connectivity index (χ2n) is 5.45. The van der Waals surface area contributed by atoms with Crippen LogP contribution in [0.25, 0.3) is 0 Å². The summed E-state index contributed by atoms with van der Waals surface area (Å²) in [6, 6.07) is 6.99. The summed E-state index contributed by atoms with van der Waals surface area (Å²) >= 11 is 0. The van der Waals surface area contributed by atoms with E-state index in [-0.39, 0.29) is 24.0 Å². The predicted octanol–water partition coefficient (Wildman–Crippen LogP) is 3.32. The van der Waals surface area contributed by atoms with Crippen molar-refractivity contribution in [2.24, 2.45) is 16.6 Å². The van der Waals surface area contributed by atoms with Crippen molar-refractivity contribution < 1.29 is 0 Å². The largest absolute Gasteiger partial charge is 0.370 e. The van der Waals surface area contributed by atoms with E-state index in [0.717, 1.165) is 11.6 Å². The molecule has 19 heavy (non-hydrogen) atoms. The lowest BCUT2D eigenvalue weighted by Gasteiger charge is -2.07. The van der Waals surface area contributed by atoms with Crippen LogP contribution in [0.5, 0.6) is 0 Å². The Morgan fingerprint density at radius 3 is 2.89 bits per heavy atom. The molecule has 2 aliphatic carbocycles. The molecule has 0 saturated heterocycles. The first-order chi connectivity index (χ1) is 8.76. The molecule has 0 radical (unpaired) electrons. The van der Waals surface area contributed by atoms with E-state index in [0.29, 0.717) is 12.0 Å². The van der Waals surface area contributed by atoms with E-state index in [1.807, 2.05) is 0 Å². The highest BCUT2D eigenvalue weighted by Crippen LogP contribution is 2.36. The Balaban J connectivity index is 0.00000133. The molecule has 0 amide bonds. The Kier molecular flexibility index (Phi) is 4.71. The smallest absolute Gasteiger partial charge is 0.193 e. The van der Waals surface area contributed by atoms with Gasteiger partial charge in [0.15, 0.2) is 5.96 Å². The van der Waals surface area contributed by atoms with Gasteiger partial charge in [-0.3, -0.25) is 0 Å². The Hall–Kier alpha value is -0.780. The third-order valence-electron chi connectivity index (χ3n) is 4.09. The van der Waals surface area contributed by atoms with Gasteiger partial charge in [-0.1, -0.05) is 19.4 Å². The van der Waals surface area contributed by atoms with Crippen molar-refractivity contribution in [2.75, 3.05) is 5.32 Å². The van der Waals surface area contributed by atoms with Gasteiger partial charge in [0.25, 0.3) is 0 Å². The number of rotatable bonds is 3. The molecule has 0 heterocycles. The van der Waals surface area contributed by atoms with Crippen LogP contribution < -0.4 is 11.1 Å². The van der Waals surface area contributed by atoms with Crippen LogP contribution in [0.4, 0.5) is 5.69 Å². The van der Waals surface area contributed by atoms with Crippen molar-refractivity contribution in [1.29, 1.82) is 0 Å². The fraction of sp³-hybridized carbons (Fsp3) is 0.533. The van der Waals surface area contributed by atoms with Crippen molar-refractivity contribution in [3.8, 4) is 0 Å². The number of aliphatic imine (C=N–C) groups is 1. The van der Waals surface area contributed by atoms with Crippen molar-refractivity contribution in [3.05, 3.63) is 29.3 Å². The molecular weight excluding hydrogens is 349 g/mol. The maximum Gasteiger partial charge on any atom is 0.193 e. The predicted molar refractivity (Wildman–Crippen MR) is 91.3 cm³/mol. The summed E-state index contributed by atoms with van der Waals surface area (Å²) in [5.41, 5.74) is 9.98. The molecule has 0 bridgehead atoms. The van der Waals surface area contributed by atoms with E-state index >= 15 is 0 Å². The molecule has 1 saturated carbocycles. The monoisotopic (exact) mass is 371 g/mol. The minimum absolute atomic E-state index is 0. The fourth-order valence-electron chi connectivity index (χ4n) is 2.84. The molecule has 0 aliphatic heterocycles. The van der Waals surface area contributed by atoms with Crippen LogP contribution >= 0.6 is 24.0 Å². The zero-order valence-electron chi connectivity index (χ0n) is 11.4. The van der Waals surface area contributed by atoms with E-state index in [4.69, 9.17) is 5.73 Å². The number of fused-ring (bicyclic) bond motifs is 1. The minimum Gasteiger partial charge on any atom is -0.370 e. The maximum absolute atomic E-state index is 5.95. The van der Waals surface area contributed by atoms with Gasteiger partial charge in [0.1, 0.15) is 0 Å². The average molecular weight is 371 g/mol. The first-order valence-electron chi connectivity index (χ1n) is 6.98. The van der Waals surface area contributed by atoms with Gasteiger partial charge in [0.05, 0.1) is 6.04 Å². The van der Waals surface area contributed by atoms with E-state index < -0.39 is 0 Å². The molecule has 0 aromatic heterocycles. The normalized spacial score (nSPS) is 24.6. The van der Waals surface area contributed by atoms with Crippen LogP contribution in [-0.2, 0) is 12.8 Å². The molecule has 3 rings (SSSR count). The van der Waals surface area contributed by atoms with Gasteiger partial charge in [0, 0.05) is 5.69 Å². The number of aryl methyl sites for hydroxylation is 2. The third kappa shape index (κ3) is 3.41. The highest BCUT2D eigenvalue weighted by molar-refractivity contribution is 14.0. The Labute approximate surface area is 132 Å². The minimum atomic E-state index is 0. The summed E-state index contributed by atoms with van der Waals surface area (Å²) in [6.45, 7) is 2.21. The first-order valence-corrected chi connectivity index (χ1v) is 6.98. The molecule has 4 heteroatoms. The molecule has 1 aromatic rings. The van der Waals surface area contributed by atoms with Gasteiger partial charge in [0.2, 0.25) is 0 Å². The van der Waals surface area contributed by atoms with Crippen molar-refractivity contribution in [3.63, 3.8) is 0 Å². The molecule has 0 spiro atoms. The van der Waals surface area contributed by atoms with Gasteiger partial charge in [-0.2, -0.15) is 0 Å². The number of anilines is 1. The topological polar surface area (TPSA) is 50.4 Å². The van der Waals surface area contributed by atoms with Gasteiger partial charge >= 0.3 is 0 Å². The molecule has 1 aromatic carbocycles. The zero-order valence-corrected chi connectivity index (χ0v) is 13.7. The zero-order chi connectivity index (χ0) is 12.5. The summed E-state index contributed by atoms with van der Waals surface area (Å²) in [7, 11) is 0. The first kappa shape index (κ1) is 14.6. The van der Waals surface area contributed by atoms with Crippen molar-refractivity contribution in [1.82, 2.24) is 0 Å². The molecular formula is C15H22IN3.